The van der Waals surface area contributed by atoms with E-state index >= 15 is 0 Å². The Balaban J connectivity index is 1.72. The molecule has 1 heterocycles. The summed E-state index contributed by atoms with van der Waals surface area (Å²) in [4.78, 5) is 4.68. The minimum Gasteiger partial charge on any atom is -0.383 e. The number of nitrogens with one attached hydrogen (secondary N) is 1. The summed E-state index contributed by atoms with van der Waals surface area (Å²) in [6, 6.07) is 12.6. The van der Waals surface area contributed by atoms with Gasteiger partial charge >= 0.3 is 0 Å². The average molecular weight is 258 g/mol. The molecule has 0 atom stereocenters. The Morgan fingerprint density at radius 2 is 1.95 bits per heavy atom. The fourth-order valence-electron chi connectivity index (χ4n) is 2.10. The van der Waals surface area contributed by atoms with E-state index in [1.165, 1.54) is 23.9 Å². The number of pyridine rings is 1. The van der Waals surface area contributed by atoms with E-state index in [-0.39, 0.29) is 0 Å². The Kier molecular flexibility index (Phi) is 5.79. The minimum absolute atomic E-state index is 0.784. The van der Waals surface area contributed by atoms with Crippen LogP contribution in [-0.2, 0) is 11.2 Å². The first-order valence-electron chi connectivity index (χ1n) is 6.94. The predicted molar refractivity (Wildman–Crippen MR) is 79.4 cm³/mol. The molecule has 3 nitrogen and oxygen atoms in total. The van der Waals surface area contributed by atoms with Gasteiger partial charge in [-0.05, 0) is 37.9 Å². The second-order valence-corrected chi connectivity index (χ2v) is 4.70. The van der Waals surface area contributed by atoms with Crippen LogP contribution < -0.4 is 5.32 Å². The number of ether oxygens (including phenoxy) is 1. The van der Waals surface area contributed by atoms with Crippen molar-refractivity contribution in [2.24, 2.45) is 0 Å². The van der Waals surface area contributed by atoms with Crippen molar-refractivity contribution in [3.05, 3.63) is 42.1 Å². The van der Waals surface area contributed by atoms with Crippen molar-refractivity contribution in [1.82, 2.24) is 10.3 Å². The van der Waals surface area contributed by atoms with Crippen molar-refractivity contribution in [3.8, 4) is 0 Å². The van der Waals surface area contributed by atoms with Gasteiger partial charge in [-0.2, -0.15) is 0 Å². The van der Waals surface area contributed by atoms with Gasteiger partial charge in [0.25, 0.3) is 0 Å². The van der Waals surface area contributed by atoms with Crippen molar-refractivity contribution in [1.29, 1.82) is 0 Å². The lowest BCUT2D eigenvalue weighted by molar-refractivity contribution is 0.199. The molecule has 0 amide bonds. The molecule has 0 aliphatic rings. The van der Waals surface area contributed by atoms with Crippen LogP contribution in [0.4, 0.5) is 0 Å². The number of unbranched alkanes of at least 4 members (excludes halogenated alkanes) is 1. The van der Waals surface area contributed by atoms with Crippen molar-refractivity contribution in [2.45, 2.75) is 19.3 Å². The Labute approximate surface area is 115 Å². The summed E-state index contributed by atoms with van der Waals surface area (Å²) < 4.78 is 4.99. The van der Waals surface area contributed by atoms with E-state index in [9.17, 15) is 0 Å². The van der Waals surface area contributed by atoms with Crippen LogP contribution in [0.2, 0.25) is 0 Å². The minimum atomic E-state index is 0.784. The summed E-state index contributed by atoms with van der Waals surface area (Å²) in [5.41, 5.74) is 2.29. The van der Waals surface area contributed by atoms with Gasteiger partial charge in [-0.15, -0.1) is 0 Å². The highest BCUT2D eigenvalue weighted by atomic mass is 16.5. The molecule has 1 aromatic heterocycles. The molecule has 19 heavy (non-hydrogen) atoms. The van der Waals surface area contributed by atoms with Crippen LogP contribution >= 0.6 is 0 Å². The maximum absolute atomic E-state index is 4.99. The molecule has 0 radical (unpaired) electrons. The fourth-order valence-corrected chi connectivity index (χ4v) is 2.10. The topological polar surface area (TPSA) is 34.1 Å². The fraction of sp³-hybridized carbons (Fsp3) is 0.438. The number of fused-ring (bicyclic) bond motifs is 1. The molecule has 2 rings (SSSR count). The molecule has 3 heteroatoms. The van der Waals surface area contributed by atoms with Gasteiger partial charge in [0.1, 0.15) is 0 Å². The van der Waals surface area contributed by atoms with Crippen molar-refractivity contribution < 1.29 is 4.74 Å². The highest BCUT2D eigenvalue weighted by Gasteiger charge is 1.98. The van der Waals surface area contributed by atoms with Crippen LogP contribution in [0.5, 0.6) is 0 Å². The molecular weight excluding hydrogens is 236 g/mol. The molecule has 1 aromatic carbocycles. The molecule has 0 saturated carbocycles. The molecule has 0 unspecified atom stereocenters. The van der Waals surface area contributed by atoms with Crippen LogP contribution in [0.15, 0.2) is 36.4 Å². The van der Waals surface area contributed by atoms with Gasteiger partial charge in [-0.1, -0.05) is 24.3 Å². The van der Waals surface area contributed by atoms with Crippen LogP contribution in [0.3, 0.4) is 0 Å². The monoisotopic (exact) mass is 258 g/mol. The lowest BCUT2D eigenvalue weighted by Crippen LogP contribution is -2.20. The van der Waals surface area contributed by atoms with Crippen LogP contribution in [0.1, 0.15) is 18.5 Å². The zero-order valence-corrected chi connectivity index (χ0v) is 11.6. The Morgan fingerprint density at radius 1 is 1.05 bits per heavy atom. The van der Waals surface area contributed by atoms with Gasteiger partial charge < -0.3 is 10.1 Å². The van der Waals surface area contributed by atoms with E-state index in [1.807, 2.05) is 6.07 Å². The third kappa shape index (κ3) is 4.62. The first-order chi connectivity index (χ1) is 9.40. The third-order valence-corrected chi connectivity index (χ3v) is 3.18. The van der Waals surface area contributed by atoms with Crippen LogP contribution in [0, 0.1) is 0 Å². The lowest BCUT2D eigenvalue weighted by atomic mass is 10.1. The van der Waals surface area contributed by atoms with Gasteiger partial charge in [-0.25, -0.2) is 0 Å². The van der Waals surface area contributed by atoms with E-state index in [4.69, 9.17) is 4.74 Å². The van der Waals surface area contributed by atoms with Crippen LogP contribution in [-0.4, -0.2) is 31.8 Å². The number of aromatic nitrogens is 1. The standard InChI is InChI=1S/C16H22N2O/c1-19-13-12-17-11-5-4-7-15-10-9-14-6-2-3-8-16(14)18-15/h2-3,6,8-10,17H,4-5,7,11-13H2,1H3. The van der Waals surface area contributed by atoms with E-state index in [2.05, 4.69) is 40.6 Å². The number of hydrogen-bond acceptors (Lipinski definition) is 3. The van der Waals surface area contributed by atoms with E-state index in [1.54, 1.807) is 7.11 Å². The van der Waals surface area contributed by atoms with Crippen molar-refractivity contribution in [3.63, 3.8) is 0 Å². The van der Waals surface area contributed by atoms with Crippen molar-refractivity contribution in [2.75, 3.05) is 26.8 Å². The number of nitrogens with zero attached hydrogens (tertiary/aromatic N) is 1. The lowest BCUT2D eigenvalue weighted by Gasteiger charge is -2.05. The maximum Gasteiger partial charge on any atom is 0.0705 e. The third-order valence-electron chi connectivity index (χ3n) is 3.18. The van der Waals surface area contributed by atoms with Gasteiger partial charge in [0.15, 0.2) is 0 Å². The summed E-state index contributed by atoms with van der Waals surface area (Å²) in [5, 5.41) is 4.57. The zero-order valence-electron chi connectivity index (χ0n) is 11.6. The van der Waals surface area contributed by atoms with E-state index < -0.39 is 0 Å². The second kappa shape index (κ2) is 7.87. The van der Waals surface area contributed by atoms with Gasteiger partial charge in [0.2, 0.25) is 0 Å². The quantitative estimate of drug-likeness (QED) is 0.739. The molecule has 0 spiro atoms. The summed E-state index contributed by atoms with van der Waals surface area (Å²) in [7, 11) is 1.73. The molecule has 2 aromatic rings. The predicted octanol–water partition coefficient (Wildman–Crippen LogP) is 2.79. The molecule has 0 aliphatic heterocycles. The molecule has 0 bridgehead atoms. The summed E-state index contributed by atoms with van der Waals surface area (Å²) >= 11 is 0. The SMILES string of the molecule is COCCNCCCCc1ccc2ccccc2n1. The number of para-hydroxylation sites is 1. The summed E-state index contributed by atoms with van der Waals surface area (Å²) in [5.74, 6) is 0. The van der Waals surface area contributed by atoms with Gasteiger partial charge in [0, 0.05) is 24.7 Å². The average Bonchev–Trinajstić information content (AvgIpc) is 2.46. The molecule has 1 N–H and O–H groups in total. The summed E-state index contributed by atoms with van der Waals surface area (Å²) in [6.45, 7) is 2.77. The van der Waals surface area contributed by atoms with E-state index in [0.29, 0.717) is 0 Å². The number of hydrogen-bond donors (Lipinski definition) is 1. The van der Waals surface area contributed by atoms with Gasteiger partial charge in [0.05, 0.1) is 12.1 Å². The molecular formula is C16H22N2O. The van der Waals surface area contributed by atoms with Gasteiger partial charge in [-0.3, -0.25) is 4.98 Å². The zero-order chi connectivity index (χ0) is 13.3. The maximum atomic E-state index is 4.99. The Hall–Kier alpha value is -1.45. The first kappa shape index (κ1) is 14.0. The van der Waals surface area contributed by atoms with E-state index in [0.717, 1.165) is 31.6 Å². The summed E-state index contributed by atoms with van der Waals surface area (Å²) in [6.07, 6.45) is 3.40. The highest BCUT2D eigenvalue weighted by Crippen LogP contribution is 2.12. The number of benzene rings is 1. The number of rotatable bonds is 8. The molecule has 0 aliphatic carbocycles. The van der Waals surface area contributed by atoms with Crippen molar-refractivity contribution >= 4 is 10.9 Å². The second-order valence-electron chi connectivity index (χ2n) is 4.70. The Bertz CT molecular complexity index is 499. The first-order valence-corrected chi connectivity index (χ1v) is 6.94. The van der Waals surface area contributed by atoms with Crippen LogP contribution in [0.25, 0.3) is 10.9 Å². The smallest absolute Gasteiger partial charge is 0.0705 e. The highest BCUT2D eigenvalue weighted by molar-refractivity contribution is 5.78. The normalized spacial score (nSPS) is 11.0. The largest absolute Gasteiger partial charge is 0.383 e. The number of methoxy groups -OCH3 is 1. The number of aryl methyl sites for hydroxylation is 1. The molecule has 0 fully saturated rings. The Morgan fingerprint density at radius 3 is 2.84 bits per heavy atom. The molecule has 102 valence electrons. The molecule has 0 saturated heterocycles.